The average Bonchev–Trinajstić information content (AvgIpc) is 3.76. The van der Waals surface area contributed by atoms with Gasteiger partial charge < -0.3 is 0 Å². The molecule has 10 rings (SSSR count). The highest BCUT2D eigenvalue weighted by molar-refractivity contribution is 7.26. The number of benzene rings is 7. The van der Waals surface area contributed by atoms with Crippen molar-refractivity contribution >= 4 is 63.0 Å². The van der Waals surface area contributed by atoms with E-state index in [1.807, 2.05) is 40.9 Å². The largest absolute Gasteiger partial charge is 0.208 e. The predicted octanol–water partition coefficient (Wildman–Crippen LogP) is 12.9. The molecule has 0 N–H and O–H groups in total. The Balaban J connectivity index is 1.08. The summed E-state index contributed by atoms with van der Waals surface area (Å²) in [5, 5.41) is 5.17. The van der Waals surface area contributed by atoms with Crippen molar-refractivity contribution in [3.63, 3.8) is 0 Å². The summed E-state index contributed by atoms with van der Waals surface area (Å²) in [5.74, 6) is 1.95. The number of thiophene rings is 2. The Kier molecular flexibility index (Phi) is 6.86. The number of hydrogen-bond acceptors (Lipinski definition) is 5. The molecule has 0 bridgehead atoms. The summed E-state index contributed by atoms with van der Waals surface area (Å²) in [7, 11) is 0. The minimum absolute atomic E-state index is 0.648. The average molecular weight is 674 g/mol. The zero-order chi connectivity index (χ0) is 33.0. The van der Waals surface area contributed by atoms with E-state index in [2.05, 4.69) is 146 Å². The van der Waals surface area contributed by atoms with E-state index in [4.69, 9.17) is 15.0 Å². The van der Waals surface area contributed by atoms with E-state index < -0.39 is 0 Å². The van der Waals surface area contributed by atoms with Crippen LogP contribution in [-0.4, -0.2) is 15.0 Å². The fourth-order valence-corrected chi connectivity index (χ4v) is 9.01. The molecule has 3 heterocycles. The van der Waals surface area contributed by atoms with Gasteiger partial charge in [0.05, 0.1) is 0 Å². The first-order valence-corrected chi connectivity index (χ1v) is 18.2. The standard InChI is InChI=1S/C45H27N3S2/c1-2-10-28(11-3-1)43-46-44(33-14-8-12-29(24-33)31-20-22-41-37(26-31)35-16-4-6-18-39(35)49-41)48-45(47-43)34-15-9-13-30(25-34)32-21-23-42-38(27-32)36-17-5-7-19-40(36)50-42/h1-27H. The van der Waals surface area contributed by atoms with Crippen LogP contribution in [0.15, 0.2) is 164 Å². The summed E-state index contributed by atoms with van der Waals surface area (Å²) >= 11 is 3.68. The lowest BCUT2D eigenvalue weighted by Crippen LogP contribution is -2.00. The van der Waals surface area contributed by atoms with Crippen molar-refractivity contribution in [3.05, 3.63) is 164 Å². The van der Waals surface area contributed by atoms with E-state index >= 15 is 0 Å². The third kappa shape index (κ3) is 5.07. The fraction of sp³-hybridized carbons (Fsp3) is 0. The highest BCUT2D eigenvalue weighted by atomic mass is 32.1. The van der Waals surface area contributed by atoms with Gasteiger partial charge in [-0.25, -0.2) is 15.0 Å². The lowest BCUT2D eigenvalue weighted by molar-refractivity contribution is 1.07. The minimum atomic E-state index is 0.648. The van der Waals surface area contributed by atoms with Crippen molar-refractivity contribution in [2.75, 3.05) is 0 Å². The molecule has 0 saturated carbocycles. The molecule has 0 aliphatic rings. The highest BCUT2D eigenvalue weighted by Crippen LogP contribution is 2.39. The first kappa shape index (κ1) is 29.0. The van der Waals surface area contributed by atoms with Gasteiger partial charge in [-0.2, -0.15) is 0 Å². The molecule has 0 aliphatic carbocycles. The zero-order valence-electron chi connectivity index (χ0n) is 26.7. The Labute approximate surface area is 296 Å². The summed E-state index contributed by atoms with van der Waals surface area (Å²) in [6, 6.07) is 58.0. The van der Waals surface area contributed by atoms with Crippen molar-refractivity contribution in [1.82, 2.24) is 15.0 Å². The monoisotopic (exact) mass is 673 g/mol. The molecule has 0 unspecified atom stereocenters. The predicted molar refractivity (Wildman–Crippen MR) is 213 cm³/mol. The molecule has 3 aromatic heterocycles. The van der Waals surface area contributed by atoms with Crippen LogP contribution in [0.25, 0.3) is 96.8 Å². The van der Waals surface area contributed by atoms with Gasteiger partial charge in [0.2, 0.25) is 0 Å². The lowest BCUT2D eigenvalue weighted by atomic mass is 10.00. The Morgan fingerprint density at radius 2 is 0.640 bits per heavy atom. The maximum atomic E-state index is 5.12. The third-order valence-corrected chi connectivity index (χ3v) is 11.6. The number of rotatable bonds is 5. The Morgan fingerprint density at radius 1 is 0.260 bits per heavy atom. The van der Waals surface area contributed by atoms with Crippen LogP contribution in [0, 0.1) is 0 Å². The first-order valence-electron chi connectivity index (χ1n) is 16.6. The smallest absolute Gasteiger partial charge is 0.164 e. The van der Waals surface area contributed by atoms with Crippen LogP contribution in [0.4, 0.5) is 0 Å². The number of aromatic nitrogens is 3. The van der Waals surface area contributed by atoms with Crippen molar-refractivity contribution in [2.45, 2.75) is 0 Å². The van der Waals surface area contributed by atoms with Gasteiger partial charge in [0.25, 0.3) is 0 Å². The maximum Gasteiger partial charge on any atom is 0.164 e. The molecule has 10 aromatic rings. The Bertz CT molecular complexity index is 2710. The molecular weight excluding hydrogens is 647 g/mol. The van der Waals surface area contributed by atoms with Crippen molar-refractivity contribution in [3.8, 4) is 56.4 Å². The van der Waals surface area contributed by atoms with Gasteiger partial charge in [0.15, 0.2) is 17.5 Å². The van der Waals surface area contributed by atoms with Crippen LogP contribution in [0.2, 0.25) is 0 Å². The van der Waals surface area contributed by atoms with E-state index in [0.717, 1.165) is 27.8 Å². The SMILES string of the molecule is c1ccc(-c2nc(-c3cccc(-c4ccc5sc6ccccc6c5c4)c3)nc(-c3cccc(-c4ccc5sc6ccccc6c5c4)c3)n2)cc1. The van der Waals surface area contributed by atoms with Crippen LogP contribution >= 0.6 is 22.7 Å². The van der Waals surface area contributed by atoms with Crippen molar-refractivity contribution in [2.24, 2.45) is 0 Å². The van der Waals surface area contributed by atoms with Crippen LogP contribution in [-0.2, 0) is 0 Å². The summed E-state index contributed by atoms with van der Waals surface area (Å²) < 4.78 is 5.21. The van der Waals surface area contributed by atoms with Gasteiger partial charge in [-0.15, -0.1) is 22.7 Å². The van der Waals surface area contributed by atoms with Gasteiger partial charge >= 0.3 is 0 Å². The summed E-state index contributed by atoms with van der Waals surface area (Å²) in [5.41, 5.74) is 7.44. The van der Waals surface area contributed by atoms with Gasteiger partial charge in [-0.1, -0.05) is 115 Å². The van der Waals surface area contributed by atoms with Crippen molar-refractivity contribution in [1.29, 1.82) is 0 Å². The molecule has 50 heavy (non-hydrogen) atoms. The van der Waals surface area contributed by atoms with Gasteiger partial charge in [-0.05, 0) is 70.8 Å². The Morgan fingerprint density at radius 3 is 1.16 bits per heavy atom. The Hall–Kier alpha value is -6.01. The van der Waals surface area contributed by atoms with Crippen LogP contribution in [0.1, 0.15) is 0 Å². The van der Waals surface area contributed by atoms with Gasteiger partial charge in [0, 0.05) is 57.0 Å². The first-order chi connectivity index (χ1) is 24.7. The van der Waals surface area contributed by atoms with E-state index in [1.165, 1.54) is 51.5 Å². The summed E-state index contributed by atoms with van der Waals surface area (Å²) in [6.45, 7) is 0. The lowest BCUT2D eigenvalue weighted by Gasteiger charge is -2.11. The third-order valence-electron chi connectivity index (χ3n) is 9.33. The molecule has 0 fully saturated rings. The van der Waals surface area contributed by atoms with Gasteiger partial charge in [-0.3, -0.25) is 0 Å². The molecule has 0 spiro atoms. The summed E-state index contributed by atoms with van der Waals surface area (Å²) in [4.78, 5) is 15.2. The summed E-state index contributed by atoms with van der Waals surface area (Å²) in [6.07, 6.45) is 0. The second-order valence-corrected chi connectivity index (χ2v) is 14.6. The number of hydrogen-bond donors (Lipinski definition) is 0. The normalized spacial score (nSPS) is 11.6. The molecule has 5 heteroatoms. The maximum absolute atomic E-state index is 5.12. The van der Waals surface area contributed by atoms with E-state index in [1.54, 1.807) is 0 Å². The van der Waals surface area contributed by atoms with Crippen LogP contribution in [0.3, 0.4) is 0 Å². The molecule has 234 valence electrons. The molecule has 0 atom stereocenters. The number of fused-ring (bicyclic) bond motifs is 6. The van der Waals surface area contributed by atoms with E-state index in [-0.39, 0.29) is 0 Å². The molecular formula is C45H27N3S2. The molecule has 3 nitrogen and oxygen atoms in total. The second kappa shape index (κ2) is 11.8. The van der Waals surface area contributed by atoms with Crippen LogP contribution in [0.5, 0.6) is 0 Å². The molecule has 7 aromatic carbocycles. The second-order valence-electron chi connectivity index (χ2n) is 12.5. The zero-order valence-corrected chi connectivity index (χ0v) is 28.4. The van der Waals surface area contributed by atoms with Crippen LogP contribution < -0.4 is 0 Å². The molecule has 0 aliphatic heterocycles. The van der Waals surface area contributed by atoms with Gasteiger partial charge in [0.1, 0.15) is 0 Å². The topological polar surface area (TPSA) is 38.7 Å². The fourth-order valence-electron chi connectivity index (χ4n) is 6.84. The minimum Gasteiger partial charge on any atom is -0.208 e. The quantitative estimate of drug-likeness (QED) is 0.182. The van der Waals surface area contributed by atoms with E-state index in [0.29, 0.717) is 17.5 Å². The van der Waals surface area contributed by atoms with E-state index in [9.17, 15) is 0 Å². The highest BCUT2D eigenvalue weighted by Gasteiger charge is 2.15. The molecule has 0 saturated heterocycles. The molecule has 0 radical (unpaired) electrons. The molecule has 0 amide bonds. The van der Waals surface area contributed by atoms with Crippen molar-refractivity contribution < 1.29 is 0 Å². The number of nitrogens with zero attached hydrogens (tertiary/aromatic N) is 3.